The summed E-state index contributed by atoms with van der Waals surface area (Å²) in [5.74, 6) is -7.45. The first-order valence-electron chi connectivity index (χ1n) is 16.0. The monoisotopic (exact) mass is 729 g/mol. The first-order valence-corrected chi connectivity index (χ1v) is 17.1. The molecule has 51 heavy (non-hydrogen) atoms. The zero-order valence-electron chi connectivity index (χ0n) is 28.5. The van der Waals surface area contributed by atoms with Crippen molar-refractivity contribution in [1.29, 1.82) is 0 Å². The van der Waals surface area contributed by atoms with Gasteiger partial charge in [0.25, 0.3) is 5.91 Å². The molecule has 0 bridgehead atoms. The Morgan fingerprint density at radius 3 is 2.27 bits per heavy atom. The number of fused-ring (bicyclic) bond motifs is 2. The van der Waals surface area contributed by atoms with Crippen LogP contribution in [0.15, 0.2) is 64.7 Å². The molecule has 262 valence electrons. The minimum Gasteiger partial charge on any atom is -1.00 e. The molecule has 4 N–H and O–H groups in total. The number of carboxylic acid groups (broad SMARTS) is 3. The third-order valence-electron chi connectivity index (χ3n) is 9.59. The van der Waals surface area contributed by atoms with E-state index in [9.17, 15) is 44.1 Å². The number of amides is 2. The first kappa shape index (κ1) is 36.6. The number of halogens is 1. The SMILES string of the molecule is O=C(O)C1=C(CN2CCN(c3cc4c(cc3F)c(=O)c(C(=O)O)cn4C3CC3)CC2)CS[C@@H]2C(NC(=O)C(C(=O)O)c3ccccc3)C(=O)N12.[H-].[Na+]. The van der Waals surface area contributed by atoms with Gasteiger partial charge >= 0.3 is 47.5 Å². The van der Waals surface area contributed by atoms with Crippen molar-refractivity contribution in [3.05, 3.63) is 87.1 Å². The van der Waals surface area contributed by atoms with E-state index in [2.05, 4.69) is 5.32 Å². The minimum atomic E-state index is -1.54. The Morgan fingerprint density at radius 2 is 1.67 bits per heavy atom. The molecule has 4 heterocycles. The van der Waals surface area contributed by atoms with Crippen molar-refractivity contribution in [3.63, 3.8) is 0 Å². The van der Waals surface area contributed by atoms with E-state index in [1.165, 1.54) is 30.1 Å². The Hall–Kier alpha value is -4.22. The topological polar surface area (TPSA) is 190 Å². The quantitative estimate of drug-likeness (QED) is 0.114. The molecule has 2 aromatic carbocycles. The Balaban J connectivity index is 0.00000261. The predicted octanol–water partition coefficient (Wildman–Crippen LogP) is -0.981. The van der Waals surface area contributed by atoms with E-state index in [1.54, 1.807) is 28.8 Å². The van der Waals surface area contributed by atoms with Gasteiger partial charge in [-0.15, -0.1) is 11.8 Å². The number of aliphatic carboxylic acids is 2. The molecular formula is C34H33FN5NaO9S. The fourth-order valence-corrected chi connectivity index (χ4v) is 8.25. The van der Waals surface area contributed by atoms with Gasteiger partial charge in [0, 0.05) is 56.1 Å². The average molecular weight is 730 g/mol. The summed E-state index contributed by atoms with van der Waals surface area (Å²) in [6, 6.07) is 9.56. The molecule has 3 atom stereocenters. The van der Waals surface area contributed by atoms with E-state index in [0.717, 1.165) is 23.8 Å². The van der Waals surface area contributed by atoms with Gasteiger partial charge in [-0.2, -0.15) is 0 Å². The maximum atomic E-state index is 15.5. The molecule has 14 nitrogen and oxygen atoms in total. The molecule has 1 saturated carbocycles. The maximum Gasteiger partial charge on any atom is 1.00 e. The van der Waals surface area contributed by atoms with Gasteiger partial charge in [0.1, 0.15) is 28.5 Å². The third-order valence-corrected chi connectivity index (χ3v) is 10.9. The molecule has 2 amide bonds. The molecule has 7 rings (SSSR count). The van der Waals surface area contributed by atoms with E-state index in [-0.39, 0.29) is 71.7 Å². The van der Waals surface area contributed by atoms with Gasteiger partial charge in [-0.05, 0) is 36.1 Å². The number of carbonyl (C=O) groups excluding carboxylic acids is 2. The average Bonchev–Trinajstić information content (AvgIpc) is 3.93. The van der Waals surface area contributed by atoms with E-state index in [1.807, 2.05) is 9.80 Å². The fraction of sp³-hybridized carbons (Fsp3) is 0.353. The van der Waals surface area contributed by atoms with E-state index >= 15 is 4.39 Å². The molecular weight excluding hydrogens is 696 g/mol. The molecule has 2 saturated heterocycles. The standard InChI is InChI=1S/C34H32FN5O9S.Na.H/c35-22-12-20-23(39(19-6-7-19)15-21(28(20)41)32(44)45)13-24(22)38-10-8-37(9-11-38)14-18-16-50-31-26(30(43)40(31)27(18)34(48)49)36-29(42)25(33(46)47)17-4-2-1-3-5-17;;/h1-5,12-13,15,19,25-26,31H,6-11,14,16H2,(H,36,42)(H,44,45)(H,46,47)(H,48,49);;/q;+1;-1/t25?,26?,31-;;/m1../s1. The van der Waals surface area contributed by atoms with Crippen molar-refractivity contribution in [1.82, 2.24) is 19.7 Å². The number of hydrogen-bond donors (Lipinski definition) is 4. The van der Waals surface area contributed by atoms with Crippen LogP contribution in [0.3, 0.4) is 0 Å². The number of anilines is 1. The second-order valence-electron chi connectivity index (χ2n) is 12.7. The number of hydrogen-bond acceptors (Lipinski definition) is 9. The Labute approximate surface area is 317 Å². The zero-order chi connectivity index (χ0) is 35.4. The number of β-lactam (4-membered cyclic amide) rings is 1. The molecule has 3 aromatic rings. The van der Waals surface area contributed by atoms with Gasteiger partial charge in [-0.25, -0.2) is 14.0 Å². The Kier molecular flexibility index (Phi) is 10.3. The number of nitrogens with zero attached hydrogens (tertiary/aromatic N) is 4. The summed E-state index contributed by atoms with van der Waals surface area (Å²) in [5, 5.41) is 31.2. The van der Waals surface area contributed by atoms with Crippen LogP contribution in [-0.2, 0) is 19.2 Å². The van der Waals surface area contributed by atoms with Gasteiger partial charge in [0.05, 0.1) is 11.2 Å². The maximum absolute atomic E-state index is 15.5. The molecule has 1 aliphatic carbocycles. The van der Waals surface area contributed by atoms with Crippen molar-refractivity contribution in [3.8, 4) is 0 Å². The molecule has 3 aliphatic heterocycles. The first-order chi connectivity index (χ1) is 23.9. The molecule has 0 spiro atoms. The predicted molar refractivity (Wildman–Crippen MR) is 180 cm³/mol. The number of aromatic nitrogens is 1. The molecule has 2 unspecified atom stereocenters. The smallest absolute Gasteiger partial charge is 1.00 e. The summed E-state index contributed by atoms with van der Waals surface area (Å²) in [4.78, 5) is 80.1. The minimum absolute atomic E-state index is 0. The van der Waals surface area contributed by atoms with Crippen LogP contribution in [0.4, 0.5) is 10.1 Å². The number of pyridine rings is 1. The molecule has 1 aromatic heterocycles. The van der Waals surface area contributed by atoms with E-state index in [0.29, 0.717) is 37.3 Å². The second kappa shape index (κ2) is 14.4. The van der Waals surface area contributed by atoms with Gasteiger partial charge < -0.3 is 31.5 Å². The largest absolute Gasteiger partial charge is 1.00 e. The molecule has 0 radical (unpaired) electrons. The number of nitrogens with one attached hydrogen (secondary N) is 1. The van der Waals surface area contributed by atoms with Crippen molar-refractivity contribution >= 4 is 58.1 Å². The number of rotatable bonds is 10. The summed E-state index contributed by atoms with van der Waals surface area (Å²) in [5.41, 5.74) is 0.220. The summed E-state index contributed by atoms with van der Waals surface area (Å²) >= 11 is 1.28. The third kappa shape index (κ3) is 6.78. The molecule has 3 fully saturated rings. The van der Waals surface area contributed by atoms with E-state index < -0.39 is 63.9 Å². The number of carbonyl (C=O) groups is 5. The van der Waals surface area contributed by atoms with E-state index in [4.69, 9.17) is 0 Å². The van der Waals surface area contributed by atoms with Crippen LogP contribution in [-0.4, -0.2) is 109 Å². The van der Waals surface area contributed by atoms with Gasteiger partial charge in [-0.3, -0.25) is 29.0 Å². The van der Waals surface area contributed by atoms with Crippen molar-refractivity contribution < 1.29 is 74.7 Å². The van der Waals surface area contributed by atoms with Gasteiger partial charge in [0.15, 0.2) is 5.92 Å². The van der Waals surface area contributed by atoms with Crippen LogP contribution < -0.4 is 45.2 Å². The molecule has 4 aliphatic rings. The zero-order valence-corrected chi connectivity index (χ0v) is 30.3. The van der Waals surface area contributed by atoms with Crippen LogP contribution in [0, 0.1) is 5.82 Å². The van der Waals surface area contributed by atoms with Crippen LogP contribution in [0.2, 0.25) is 0 Å². The Bertz CT molecular complexity index is 2060. The number of aromatic carboxylic acids is 1. The summed E-state index contributed by atoms with van der Waals surface area (Å²) in [6.45, 7) is 1.90. The Morgan fingerprint density at radius 1 is 0.980 bits per heavy atom. The van der Waals surface area contributed by atoms with Crippen LogP contribution in [0.5, 0.6) is 0 Å². The van der Waals surface area contributed by atoms with Crippen molar-refractivity contribution in [2.75, 3.05) is 43.4 Å². The summed E-state index contributed by atoms with van der Waals surface area (Å²) in [6.07, 6.45) is 2.99. The number of benzene rings is 2. The van der Waals surface area contributed by atoms with Crippen molar-refractivity contribution in [2.24, 2.45) is 0 Å². The number of thioether (sulfide) groups is 1. The van der Waals surface area contributed by atoms with Crippen LogP contribution >= 0.6 is 11.8 Å². The fourth-order valence-electron chi connectivity index (χ4n) is 6.92. The van der Waals surface area contributed by atoms with Gasteiger partial charge in [0.2, 0.25) is 11.3 Å². The molecule has 17 heteroatoms. The van der Waals surface area contributed by atoms with Crippen LogP contribution in [0.25, 0.3) is 10.9 Å². The number of piperazine rings is 1. The number of carboxylic acids is 3. The summed E-state index contributed by atoms with van der Waals surface area (Å²) < 4.78 is 17.2. The van der Waals surface area contributed by atoms with Crippen molar-refractivity contribution in [2.45, 2.75) is 36.2 Å². The van der Waals surface area contributed by atoms with Crippen LogP contribution in [0.1, 0.15) is 42.1 Å². The normalized spacial score (nSPS) is 21.0. The second-order valence-corrected chi connectivity index (χ2v) is 13.8. The summed E-state index contributed by atoms with van der Waals surface area (Å²) in [7, 11) is 0. The van der Waals surface area contributed by atoms with Gasteiger partial charge in [-0.1, -0.05) is 30.3 Å².